The van der Waals surface area contributed by atoms with E-state index < -0.39 is 0 Å². The molecule has 0 saturated heterocycles. The molecule has 1 N–H and O–H groups in total. The van der Waals surface area contributed by atoms with Crippen molar-refractivity contribution in [2.24, 2.45) is 0 Å². The second-order valence-corrected chi connectivity index (χ2v) is 2.06. The fourth-order valence-electron chi connectivity index (χ4n) is 0.783. The van der Waals surface area contributed by atoms with E-state index in [4.69, 9.17) is 10.1 Å². The van der Waals surface area contributed by atoms with Crippen LogP contribution in [-0.4, -0.2) is 13.0 Å². The summed E-state index contributed by atoms with van der Waals surface area (Å²) in [7, 11) is 1.63. The monoisotopic (exact) mass is 147 g/mol. The molecule has 1 rings (SSSR count). The maximum atomic E-state index is 6.70. The lowest BCUT2D eigenvalue weighted by atomic mass is 10.2. The minimum atomic E-state index is 0.826. The Balaban J connectivity index is 2.91. The molecule has 0 bridgehead atoms. The fraction of sp³-hybridized carbons (Fsp3) is 0.111. The standard InChI is InChI=1S/C9H9NO/c1-11-9-4-2-8(3-5-9)6-7-10/h2-6,10H,1H3. The molecule has 0 aliphatic carbocycles. The molecule has 0 unspecified atom stereocenters. The van der Waals surface area contributed by atoms with Crippen molar-refractivity contribution < 1.29 is 4.74 Å². The average Bonchev–Trinajstić information content (AvgIpc) is 2.07. The average molecular weight is 147 g/mol. The summed E-state index contributed by atoms with van der Waals surface area (Å²) in [5, 5.41) is 6.70. The zero-order valence-corrected chi connectivity index (χ0v) is 6.29. The van der Waals surface area contributed by atoms with Crippen molar-refractivity contribution >= 4 is 11.9 Å². The van der Waals surface area contributed by atoms with Crippen molar-refractivity contribution in [1.29, 1.82) is 5.41 Å². The van der Waals surface area contributed by atoms with Gasteiger partial charge in [-0.2, -0.15) is 0 Å². The molecule has 56 valence electrons. The molecule has 0 saturated carbocycles. The Kier molecular flexibility index (Phi) is 2.47. The number of hydrogen-bond donors (Lipinski definition) is 1. The number of rotatable bonds is 2. The van der Waals surface area contributed by atoms with Gasteiger partial charge in [0.2, 0.25) is 0 Å². The Morgan fingerprint density at radius 3 is 2.45 bits per heavy atom. The molecule has 11 heavy (non-hydrogen) atoms. The fourth-order valence-corrected chi connectivity index (χ4v) is 0.783. The van der Waals surface area contributed by atoms with Crippen LogP contribution in [0.2, 0.25) is 0 Å². The zero-order valence-electron chi connectivity index (χ0n) is 6.29. The highest BCUT2D eigenvalue weighted by molar-refractivity contribution is 5.75. The maximum Gasteiger partial charge on any atom is 0.118 e. The van der Waals surface area contributed by atoms with Crippen LogP contribution in [0.1, 0.15) is 5.56 Å². The van der Waals surface area contributed by atoms with Crippen molar-refractivity contribution in [3.8, 4) is 5.75 Å². The van der Waals surface area contributed by atoms with Crippen LogP contribution in [0.25, 0.3) is 6.08 Å². The van der Waals surface area contributed by atoms with Gasteiger partial charge in [-0.1, -0.05) is 12.1 Å². The summed E-state index contributed by atoms with van der Waals surface area (Å²) in [5.74, 6) is 3.03. The molecule has 0 spiro atoms. The van der Waals surface area contributed by atoms with Gasteiger partial charge in [-0.05, 0) is 23.6 Å². The van der Waals surface area contributed by atoms with Gasteiger partial charge in [0.15, 0.2) is 0 Å². The number of ether oxygens (including phenoxy) is 1. The van der Waals surface area contributed by atoms with Crippen LogP contribution in [0.4, 0.5) is 0 Å². The van der Waals surface area contributed by atoms with Crippen LogP contribution in [0, 0.1) is 5.41 Å². The summed E-state index contributed by atoms with van der Waals surface area (Å²) >= 11 is 0. The Morgan fingerprint density at radius 2 is 2.00 bits per heavy atom. The SMILES string of the molecule is COc1ccc(C=C=N)cc1. The first-order valence-electron chi connectivity index (χ1n) is 3.26. The predicted octanol–water partition coefficient (Wildman–Crippen LogP) is 1.96. The molecular formula is C9H9NO. The first-order valence-corrected chi connectivity index (χ1v) is 3.26. The van der Waals surface area contributed by atoms with Gasteiger partial charge >= 0.3 is 0 Å². The van der Waals surface area contributed by atoms with Crippen LogP contribution in [-0.2, 0) is 0 Å². The Bertz CT molecular complexity index is 270. The lowest BCUT2D eigenvalue weighted by Crippen LogP contribution is -1.81. The van der Waals surface area contributed by atoms with Crippen molar-refractivity contribution in [3.63, 3.8) is 0 Å². The molecule has 0 radical (unpaired) electrons. The summed E-state index contributed by atoms with van der Waals surface area (Å²) < 4.78 is 4.97. The first-order chi connectivity index (χ1) is 5.36. The van der Waals surface area contributed by atoms with Crippen LogP contribution >= 0.6 is 0 Å². The van der Waals surface area contributed by atoms with Crippen molar-refractivity contribution in [2.75, 3.05) is 7.11 Å². The molecule has 0 atom stereocenters. The van der Waals surface area contributed by atoms with E-state index in [0.29, 0.717) is 0 Å². The van der Waals surface area contributed by atoms with Crippen LogP contribution in [0.3, 0.4) is 0 Å². The van der Waals surface area contributed by atoms with Crippen LogP contribution in [0.5, 0.6) is 5.75 Å². The highest BCUT2D eigenvalue weighted by Crippen LogP contribution is 2.11. The van der Waals surface area contributed by atoms with Gasteiger partial charge < -0.3 is 4.74 Å². The number of nitrogens with one attached hydrogen (secondary N) is 1. The molecule has 0 aliphatic rings. The minimum Gasteiger partial charge on any atom is -0.497 e. The Hall–Kier alpha value is -1.53. The van der Waals surface area contributed by atoms with E-state index in [9.17, 15) is 0 Å². The quantitative estimate of drug-likeness (QED) is 0.637. The van der Waals surface area contributed by atoms with Crippen LogP contribution in [0.15, 0.2) is 24.3 Å². The van der Waals surface area contributed by atoms with Crippen molar-refractivity contribution in [2.45, 2.75) is 0 Å². The molecule has 1 aromatic carbocycles. The smallest absolute Gasteiger partial charge is 0.118 e. The second kappa shape index (κ2) is 3.59. The Morgan fingerprint density at radius 1 is 1.36 bits per heavy atom. The molecule has 2 heteroatoms. The topological polar surface area (TPSA) is 33.1 Å². The van der Waals surface area contributed by atoms with Crippen molar-refractivity contribution in [1.82, 2.24) is 0 Å². The molecule has 0 aliphatic heterocycles. The third kappa shape index (κ3) is 1.95. The van der Waals surface area contributed by atoms with Crippen LogP contribution < -0.4 is 4.74 Å². The van der Waals surface area contributed by atoms with E-state index in [0.717, 1.165) is 11.3 Å². The largest absolute Gasteiger partial charge is 0.497 e. The zero-order chi connectivity index (χ0) is 8.10. The highest BCUT2D eigenvalue weighted by Gasteiger charge is 1.88. The van der Waals surface area contributed by atoms with E-state index in [2.05, 4.69) is 5.87 Å². The first kappa shape index (κ1) is 7.58. The predicted molar refractivity (Wildman–Crippen MR) is 45.2 cm³/mol. The van der Waals surface area contributed by atoms with Gasteiger partial charge in [0.25, 0.3) is 0 Å². The summed E-state index contributed by atoms with van der Waals surface area (Å²) in [6.45, 7) is 0. The number of hydrogen-bond acceptors (Lipinski definition) is 2. The third-order valence-electron chi connectivity index (χ3n) is 1.35. The number of methoxy groups -OCH3 is 1. The summed E-state index contributed by atoms with van der Waals surface area (Å²) in [4.78, 5) is 0. The van der Waals surface area contributed by atoms with Gasteiger partial charge in [-0.25, -0.2) is 0 Å². The summed E-state index contributed by atoms with van der Waals surface area (Å²) in [5.41, 5.74) is 0.959. The third-order valence-corrected chi connectivity index (χ3v) is 1.35. The van der Waals surface area contributed by atoms with E-state index >= 15 is 0 Å². The molecule has 0 aromatic heterocycles. The van der Waals surface area contributed by atoms with Gasteiger partial charge in [0.05, 0.1) is 7.11 Å². The lowest BCUT2D eigenvalue weighted by molar-refractivity contribution is 0.415. The molecule has 1 aromatic rings. The summed E-state index contributed by atoms with van der Waals surface area (Å²) in [6, 6.07) is 7.45. The van der Waals surface area contributed by atoms with Gasteiger partial charge in [0.1, 0.15) is 5.75 Å². The molecule has 0 fully saturated rings. The molecular weight excluding hydrogens is 138 g/mol. The van der Waals surface area contributed by atoms with E-state index in [-0.39, 0.29) is 0 Å². The van der Waals surface area contributed by atoms with Crippen molar-refractivity contribution in [3.05, 3.63) is 29.8 Å². The van der Waals surface area contributed by atoms with Gasteiger partial charge in [-0.3, -0.25) is 5.41 Å². The van der Waals surface area contributed by atoms with E-state index in [1.807, 2.05) is 24.3 Å². The van der Waals surface area contributed by atoms with Gasteiger partial charge in [0, 0.05) is 6.08 Å². The molecule has 0 heterocycles. The maximum absolute atomic E-state index is 6.70. The van der Waals surface area contributed by atoms with Gasteiger partial charge in [-0.15, -0.1) is 0 Å². The molecule has 2 nitrogen and oxygen atoms in total. The lowest BCUT2D eigenvalue weighted by Gasteiger charge is -1.97. The number of benzene rings is 1. The minimum absolute atomic E-state index is 0.826. The van der Waals surface area contributed by atoms with E-state index in [1.165, 1.54) is 0 Å². The molecule has 0 amide bonds. The normalized spacial score (nSPS) is 8.45. The Labute approximate surface area is 65.6 Å². The summed E-state index contributed by atoms with van der Waals surface area (Å²) in [6.07, 6.45) is 1.60. The highest BCUT2D eigenvalue weighted by atomic mass is 16.5. The van der Waals surface area contributed by atoms with E-state index in [1.54, 1.807) is 13.2 Å². The second-order valence-electron chi connectivity index (χ2n) is 2.06.